The van der Waals surface area contributed by atoms with Gasteiger partial charge in [-0.25, -0.2) is 14.5 Å². The molecule has 0 aliphatic carbocycles. The summed E-state index contributed by atoms with van der Waals surface area (Å²) < 4.78 is 18.6. The number of anilines is 1. The molecule has 190 valence electrons. The standard InChI is InChI=1S/C28H32N2O6/c1-26(2,3)35-24(32)29-16-20(18-12-8-10-14-21(18)29)28(17-31)19-13-9-11-15-22(19)30(23(28)34-7)25(33)36-27(4,5)6/h8-17,23H,1-7H3/t23-,28+/m0/s1. The Balaban J connectivity index is 1.98. The Kier molecular flexibility index (Phi) is 6.21. The van der Waals surface area contributed by atoms with Crippen molar-refractivity contribution < 1.29 is 28.6 Å². The first-order valence-electron chi connectivity index (χ1n) is 11.8. The maximum Gasteiger partial charge on any atom is 0.419 e. The summed E-state index contributed by atoms with van der Waals surface area (Å²) in [6.45, 7) is 10.7. The fourth-order valence-corrected chi connectivity index (χ4v) is 4.73. The molecule has 8 heteroatoms. The van der Waals surface area contributed by atoms with Crippen molar-refractivity contribution in [1.29, 1.82) is 0 Å². The van der Waals surface area contributed by atoms with Gasteiger partial charge in [0.1, 0.15) is 22.9 Å². The molecule has 0 spiro atoms. The minimum absolute atomic E-state index is 0.500. The van der Waals surface area contributed by atoms with Crippen LogP contribution in [0.25, 0.3) is 10.9 Å². The average Bonchev–Trinajstić information content (AvgIpc) is 3.31. The summed E-state index contributed by atoms with van der Waals surface area (Å²) in [5, 5.41) is 0.665. The van der Waals surface area contributed by atoms with Crippen LogP contribution in [0.5, 0.6) is 0 Å². The average molecular weight is 493 g/mol. The lowest BCUT2D eigenvalue weighted by atomic mass is 9.75. The van der Waals surface area contributed by atoms with Gasteiger partial charge < -0.3 is 19.0 Å². The molecule has 3 aromatic rings. The zero-order valence-electron chi connectivity index (χ0n) is 21.7. The van der Waals surface area contributed by atoms with Gasteiger partial charge in [0, 0.05) is 24.3 Å². The second kappa shape index (κ2) is 8.78. The Bertz CT molecular complexity index is 1330. The molecule has 8 nitrogen and oxygen atoms in total. The first-order valence-corrected chi connectivity index (χ1v) is 11.8. The quantitative estimate of drug-likeness (QED) is 0.440. The van der Waals surface area contributed by atoms with Crippen LogP contribution in [0.4, 0.5) is 15.3 Å². The monoisotopic (exact) mass is 492 g/mol. The molecule has 0 unspecified atom stereocenters. The second-order valence-corrected chi connectivity index (χ2v) is 10.9. The van der Waals surface area contributed by atoms with Gasteiger partial charge in [0.15, 0.2) is 6.23 Å². The fraction of sp³-hybridized carbons (Fsp3) is 0.393. The summed E-state index contributed by atoms with van der Waals surface area (Å²) in [6, 6.07) is 14.4. The van der Waals surface area contributed by atoms with Crippen LogP contribution in [-0.2, 0) is 24.4 Å². The summed E-state index contributed by atoms with van der Waals surface area (Å²) in [4.78, 5) is 41.1. The molecule has 0 saturated heterocycles. The van der Waals surface area contributed by atoms with Crippen molar-refractivity contribution in [3.8, 4) is 0 Å². The van der Waals surface area contributed by atoms with Crippen molar-refractivity contribution in [3.05, 3.63) is 65.9 Å². The Morgan fingerprint density at radius 3 is 2.06 bits per heavy atom. The maximum absolute atomic E-state index is 13.4. The van der Waals surface area contributed by atoms with E-state index in [0.29, 0.717) is 27.7 Å². The van der Waals surface area contributed by atoms with Crippen LogP contribution in [0.3, 0.4) is 0 Å². The van der Waals surface area contributed by atoms with Crippen molar-refractivity contribution in [1.82, 2.24) is 4.57 Å². The van der Waals surface area contributed by atoms with Gasteiger partial charge in [-0.15, -0.1) is 0 Å². The van der Waals surface area contributed by atoms with Crippen LogP contribution in [0.1, 0.15) is 52.7 Å². The number of fused-ring (bicyclic) bond motifs is 2. The molecule has 0 N–H and O–H groups in total. The van der Waals surface area contributed by atoms with E-state index in [1.165, 1.54) is 16.6 Å². The summed E-state index contributed by atoms with van der Waals surface area (Å²) in [5.74, 6) is 0. The lowest BCUT2D eigenvalue weighted by Gasteiger charge is -2.34. The van der Waals surface area contributed by atoms with Crippen LogP contribution in [0.2, 0.25) is 0 Å². The van der Waals surface area contributed by atoms with Crippen molar-refractivity contribution >= 4 is 35.1 Å². The minimum atomic E-state index is -1.44. The van der Waals surface area contributed by atoms with E-state index in [1.54, 1.807) is 78.1 Å². The van der Waals surface area contributed by atoms with E-state index >= 15 is 0 Å². The van der Waals surface area contributed by atoms with Crippen LogP contribution in [0, 0.1) is 0 Å². The number of carbonyl (C=O) groups is 3. The fourth-order valence-electron chi connectivity index (χ4n) is 4.73. The summed E-state index contributed by atoms with van der Waals surface area (Å²) in [7, 11) is 1.44. The number of benzene rings is 2. The molecular weight excluding hydrogens is 460 g/mol. The molecule has 0 radical (unpaired) electrons. The molecule has 36 heavy (non-hydrogen) atoms. The van der Waals surface area contributed by atoms with Gasteiger partial charge in [-0.3, -0.25) is 4.57 Å². The van der Waals surface area contributed by atoms with E-state index < -0.39 is 35.0 Å². The molecule has 1 aliphatic rings. The van der Waals surface area contributed by atoms with Gasteiger partial charge in [-0.1, -0.05) is 36.4 Å². The summed E-state index contributed by atoms with van der Waals surface area (Å²) >= 11 is 0. The van der Waals surface area contributed by atoms with Crippen LogP contribution < -0.4 is 4.90 Å². The van der Waals surface area contributed by atoms with Gasteiger partial charge in [0.05, 0.1) is 11.2 Å². The Morgan fingerprint density at radius 2 is 1.44 bits per heavy atom. The third-order valence-electron chi connectivity index (χ3n) is 5.98. The lowest BCUT2D eigenvalue weighted by molar-refractivity contribution is -0.115. The Hall–Kier alpha value is -3.65. The predicted molar refractivity (Wildman–Crippen MR) is 136 cm³/mol. The molecule has 1 aromatic heterocycles. The van der Waals surface area contributed by atoms with Crippen LogP contribution in [-0.4, -0.2) is 47.6 Å². The van der Waals surface area contributed by atoms with Crippen LogP contribution in [0.15, 0.2) is 54.7 Å². The van der Waals surface area contributed by atoms with Gasteiger partial charge in [0.2, 0.25) is 0 Å². The number of carbonyl (C=O) groups excluding carboxylic acids is 3. The molecular formula is C28H32N2O6. The van der Waals surface area contributed by atoms with E-state index in [9.17, 15) is 14.4 Å². The number of aromatic nitrogens is 1. The molecule has 1 aliphatic heterocycles. The third kappa shape index (κ3) is 4.15. The Morgan fingerprint density at radius 1 is 0.861 bits per heavy atom. The number of amides is 1. The first-order chi connectivity index (χ1) is 16.8. The van der Waals surface area contributed by atoms with E-state index in [2.05, 4.69) is 0 Å². The van der Waals surface area contributed by atoms with Crippen molar-refractivity contribution in [2.45, 2.75) is 64.4 Å². The largest absolute Gasteiger partial charge is 0.443 e. The minimum Gasteiger partial charge on any atom is -0.443 e. The number of nitrogens with zero attached hydrogens (tertiary/aromatic N) is 2. The zero-order valence-corrected chi connectivity index (χ0v) is 21.7. The number of aldehydes is 1. The first kappa shape index (κ1) is 25.4. The van der Waals surface area contributed by atoms with Gasteiger partial charge in [-0.05, 0) is 59.2 Å². The molecule has 2 aromatic carbocycles. The third-order valence-corrected chi connectivity index (χ3v) is 5.98. The zero-order chi connectivity index (χ0) is 26.5. The molecule has 0 saturated carbocycles. The van der Waals surface area contributed by atoms with Gasteiger partial charge >= 0.3 is 12.2 Å². The highest BCUT2D eigenvalue weighted by atomic mass is 16.6. The lowest BCUT2D eigenvalue weighted by Crippen LogP contribution is -2.51. The Labute approximate surface area is 210 Å². The highest BCUT2D eigenvalue weighted by molar-refractivity contribution is 6.02. The predicted octanol–water partition coefficient (Wildman–Crippen LogP) is 5.64. The highest BCUT2D eigenvalue weighted by Crippen LogP contribution is 2.51. The van der Waals surface area contributed by atoms with Gasteiger partial charge in [-0.2, -0.15) is 0 Å². The number of rotatable bonds is 3. The number of hydrogen-bond donors (Lipinski definition) is 0. The number of hydrogen-bond acceptors (Lipinski definition) is 6. The molecule has 0 bridgehead atoms. The molecule has 2 heterocycles. The van der Waals surface area contributed by atoms with E-state index in [0.717, 1.165) is 6.29 Å². The number of methoxy groups -OCH3 is 1. The van der Waals surface area contributed by atoms with Crippen molar-refractivity contribution in [2.75, 3.05) is 12.0 Å². The van der Waals surface area contributed by atoms with E-state index in [-0.39, 0.29) is 0 Å². The number of ether oxygens (including phenoxy) is 3. The normalized spacial score (nSPS) is 19.8. The maximum atomic E-state index is 13.4. The topological polar surface area (TPSA) is 87.1 Å². The molecule has 4 rings (SSSR count). The molecule has 2 atom stereocenters. The number of para-hydroxylation sites is 2. The molecule has 0 fully saturated rings. The van der Waals surface area contributed by atoms with E-state index in [1.807, 2.05) is 18.2 Å². The van der Waals surface area contributed by atoms with Crippen molar-refractivity contribution in [3.63, 3.8) is 0 Å². The summed E-state index contributed by atoms with van der Waals surface area (Å²) in [6.07, 6.45) is 0.122. The summed E-state index contributed by atoms with van der Waals surface area (Å²) in [5.41, 5.74) is -0.744. The van der Waals surface area contributed by atoms with Gasteiger partial charge in [0.25, 0.3) is 0 Å². The highest BCUT2D eigenvalue weighted by Gasteiger charge is 2.57. The SMILES string of the molecule is CO[C@@H]1N(C(=O)OC(C)(C)C)c2ccccc2[C@]1(C=O)c1cn(C(=O)OC(C)(C)C)c2ccccc12. The smallest absolute Gasteiger partial charge is 0.419 e. The second-order valence-electron chi connectivity index (χ2n) is 10.9. The van der Waals surface area contributed by atoms with Crippen molar-refractivity contribution in [2.24, 2.45) is 0 Å². The van der Waals surface area contributed by atoms with Crippen LogP contribution >= 0.6 is 0 Å². The van der Waals surface area contributed by atoms with E-state index in [4.69, 9.17) is 14.2 Å². The molecule has 1 amide bonds.